The van der Waals surface area contributed by atoms with Crippen molar-refractivity contribution in [1.82, 2.24) is 4.90 Å². The zero-order valence-corrected chi connectivity index (χ0v) is 13.2. The number of ether oxygens (including phenoxy) is 1. The molecule has 2 aromatic rings. The van der Waals surface area contributed by atoms with E-state index < -0.39 is 5.97 Å². The molecule has 1 aromatic carbocycles. The fourth-order valence-electron chi connectivity index (χ4n) is 1.86. The molecule has 0 aliphatic carbocycles. The number of aromatic carboxylic acids is 1. The van der Waals surface area contributed by atoms with Gasteiger partial charge in [-0.05, 0) is 36.8 Å². The first kappa shape index (κ1) is 16.0. The first-order valence-electron chi connectivity index (χ1n) is 6.75. The SMILES string of the molecule is Cc1cccc(OCCN(C)C(=O)c2ccc(C(=O)O)s2)c1. The lowest BCUT2D eigenvalue weighted by molar-refractivity contribution is 0.0701. The molecular formula is C16H17NO4S. The summed E-state index contributed by atoms with van der Waals surface area (Å²) in [5.74, 6) is -0.454. The summed E-state index contributed by atoms with van der Waals surface area (Å²) >= 11 is 0.978. The summed E-state index contributed by atoms with van der Waals surface area (Å²) in [6.07, 6.45) is 0. The fourth-order valence-corrected chi connectivity index (χ4v) is 2.70. The fraction of sp³-hybridized carbons (Fsp3) is 0.250. The zero-order chi connectivity index (χ0) is 16.1. The van der Waals surface area contributed by atoms with Gasteiger partial charge in [-0.3, -0.25) is 4.79 Å². The van der Waals surface area contributed by atoms with E-state index in [1.54, 1.807) is 7.05 Å². The summed E-state index contributed by atoms with van der Waals surface area (Å²) < 4.78 is 5.60. The standard InChI is InChI=1S/C16H17NO4S/c1-11-4-3-5-12(10-11)21-9-8-17(2)15(18)13-6-7-14(22-13)16(19)20/h3-7,10H,8-9H2,1-2H3,(H,19,20). The van der Waals surface area contributed by atoms with Gasteiger partial charge in [-0.2, -0.15) is 0 Å². The number of likely N-dealkylation sites (N-methyl/N-ethyl adjacent to an activating group) is 1. The van der Waals surface area contributed by atoms with Gasteiger partial charge in [0.15, 0.2) is 0 Å². The number of carboxylic acid groups (broad SMARTS) is 1. The second kappa shape index (κ2) is 7.09. The monoisotopic (exact) mass is 319 g/mol. The van der Waals surface area contributed by atoms with Crippen LogP contribution in [-0.2, 0) is 0 Å². The van der Waals surface area contributed by atoms with Crippen molar-refractivity contribution in [2.75, 3.05) is 20.2 Å². The van der Waals surface area contributed by atoms with Crippen LogP contribution < -0.4 is 4.74 Å². The highest BCUT2D eigenvalue weighted by Gasteiger charge is 2.16. The molecule has 1 heterocycles. The van der Waals surface area contributed by atoms with Gasteiger partial charge in [0, 0.05) is 7.05 Å². The second-order valence-electron chi connectivity index (χ2n) is 4.86. The molecule has 0 radical (unpaired) electrons. The number of thiophene rings is 1. The Kier molecular flexibility index (Phi) is 5.16. The first-order chi connectivity index (χ1) is 10.5. The van der Waals surface area contributed by atoms with E-state index in [9.17, 15) is 9.59 Å². The Morgan fingerprint density at radius 2 is 1.95 bits per heavy atom. The molecule has 0 spiro atoms. The van der Waals surface area contributed by atoms with Gasteiger partial charge in [-0.1, -0.05) is 12.1 Å². The van der Waals surface area contributed by atoms with Gasteiger partial charge in [-0.15, -0.1) is 11.3 Å². The molecule has 0 unspecified atom stereocenters. The number of rotatable bonds is 6. The van der Waals surface area contributed by atoms with E-state index >= 15 is 0 Å². The minimum atomic E-state index is -1.02. The van der Waals surface area contributed by atoms with Gasteiger partial charge >= 0.3 is 5.97 Å². The molecule has 1 aromatic heterocycles. The number of carbonyl (C=O) groups is 2. The molecule has 116 valence electrons. The van der Waals surface area contributed by atoms with E-state index in [1.807, 2.05) is 31.2 Å². The van der Waals surface area contributed by atoms with Crippen molar-refractivity contribution in [3.05, 3.63) is 51.7 Å². The molecule has 0 fully saturated rings. The number of carbonyl (C=O) groups excluding carboxylic acids is 1. The molecule has 6 heteroatoms. The Morgan fingerprint density at radius 1 is 1.23 bits per heavy atom. The molecule has 0 aliphatic heterocycles. The first-order valence-corrected chi connectivity index (χ1v) is 7.57. The Balaban J connectivity index is 1.87. The van der Waals surface area contributed by atoms with E-state index in [0.29, 0.717) is 18.0 Å². The quantitative estimate of drug-likeness (QED) is 0.889. The predicted octanol–water partition coefficient (Wildman–Crippen LogP) is 2.91. The number of hydrogen-bond acceptors (Lipinski definition) is 4. The number of carboxylic acids is 1. The molecule has 1 N–H and O–H groups in total. The van der Waals surface area contributed by atoms with Crippen LogP contribution in [0.2, 0.25) is 0 Å². The topological polar surface area (TPSA) is 66.8 Å². The van der Waals surface area contributed by atoms with E-state index in [1.165, 1.54) is 17.0 Å². The molecular weight excluding hydrogens is 302 g/mol. The highest BCUT2D eigenvalue weighted by atomic mass is 32.1. The van der Waals surface area contributed by atoms with E-state index in [0.717, 1.165) is 22.6 Å². The van der Waals surface area contributed by atoms with Crippen molar-refractivity contribution < 1.29 is 19.4 Å². The molecule has 1 amide bonds. The molecule has 22 heavy (non-hydrogen) atoms. The Morgan fingerprint density at radius 3 is 2.59 bits per heavy atom. The largest absolute Gasteiger partial charge is 0.492 e. The Hall–Kier alpha value is -2.34. The van der Waals surface area contributed by atoms with E-state index in [2.05, 4.69) is 0 Å². The van der Waals surface area contributed by atoms with Crippen LogP contribution in [0, 0.1) is 6.92 Å². The van der Waals surface area contributed by atoms with E-state index in [-0.39, 0.29) is 10.8 Å². The van der Waals surface area contributed by atoms with Gasteiger partial charge in [0.2, 0.25) is 0 Å². The number of amides is 1. The maximum Gasteiger partial charge on any atom is 0.345 e. The molecule has 5 nitrogen and oxygen atoms in total. The predicted molar refractivity (Wildman–Crippen MR) is 84.9 cm³/mol. The van der Waals surface area contributed by atoms with Crippen LogP contribution in [-0.4, -0.2) is 42.1 Å². The average molecular weight is 319 g/mol. The third-order valence-corrected chi connectivity index (χ3v) is 4.12. The summed E-state index contributed by atoms with van der Waals surface area (Å²) in [5, 5.41) is 8.87. The summed E-state index contributed by atoms with van der Waals surface area (Å²) in [6.45, 7) is 2.79. The Bertz CT molecular complexity index is 680. The minimum absolute atomic E-state index is 0.160. The van der Waals surface area contributed by atoms with Gasteiger partial charge in [0.05, 0.1) is 11.4 Å². The van der Waals surface area contributed by atoms with Crippen molar-refractivity contribution in [3.8, 4) is 5.75 Å². The van der Waals surface area contributed by atoms with Crippen LogP contribution in [0.25, 0.3) is 0 Å². The molecule has 0 bridgehead atoms. The van der Waals surface area contributed by atoms with Crippen LogP contribution in [0.3, 0.4) is 0 Å². The van der Waals surface area contributed by atoms with Gasteiger partial charge < -0.3 is 14.7 Å². The smallest absolute Gasteiger partial charge is 0.345 e. The average Bonchev–Trinajstić information content (AvgIpc) is 2.96. The van der Waals surface area contributed by atoms with Crippen LogP contribution in [0.4, 0.5) is 0 Å². The van der Waals surface area contributed by atoms with E-state index in [4.69, 9.17) is 9.84 Å². The van der Waals surface area contributed by atoms with Crippen LogP contribution in [0.5, 0.6) is 5.75 Å². The van der Waals surface area contributed by atoms with Crippen LogP contribution in [0.15, 0.2) is 36.4 Å². The van der Waals surface area contributed by atoms with Crippen molar-refractivity contribution in [3.63, 3.8) is 0 Å². The van der Waals surface area contributed by atoms with Crippen molar-refractivity contribution in [2.24, 2.45) is 0 Å². The van der Waals surface area contributed by atoms with Gasteiger partial charge in [0.25, 0.3) is 5.91 Å². The third kappa shape index (κ3) is 4.08. The summed E-state index contributed by atoms with van der Waals surface area (Å²) in [5.41, 5.74) is 1.11. The number of nitrogens with zero attached hydrogens (tertiary/aromatic N) is 1. The molecule has 0 aliphatic rings. The maximum atomic E-state index is 12.2. The Labute approximate surface area is 132 Å². The summed E-state index contributed by atoms with van der Waals surface area (Å²) in [7, 11) is 1.67. The maximum absolute atomic E-state index is 12.2. The summed E-state index contributed by atoms with van der Waals surface area (Å²) in [4.78, 5) is 25.1. The van der Waals surface area contributed by atoms with Crippen LogP contribution >= 0.6 is 11.3 Å². The number of hydrogen-bond donors (Lipinski definition) is 1. The lowest BCUT2D eigenvalue weighted by Crippen LogP contribution is -2.30. The second-order valence-corrected chi connectivity index (χ2v) is 5.94. The lowest BCUT2D eigenvalue weighted by Gasteiger charge is -2.16. The third-order valence-electron chi connectivity index (χ3n) is 3.06. The lowest BCUT2D eigenvalue weighted by atomic mass is 10.2. The molecule has 0 saturated carbocycles. The molecule has 0 atom stereocenters. The van der Waals surface area contributed by atoms with Crippen LogP contribution in [0.1, 0.15) is 24.9 Å². The van der Waals surface area contributed by atoms with Gasteiger partial charge in [0.1, 0.15) is 17.2 Å². The van der Waals surface area contributed by atoms with Crippen molar-refractivity contribution in [2.45, 2.75) is 6.92 Å². The molecule has 0 saturated heterocycles. The van der Waals surface area contributed by atoms with Crippen molar-refractivity contribution in [1.29, 1.82) is 0 Å². The van der Waals surface area contributed by atoms with Crippen molar-refractivity contribution >= 4 is 23.2 Å². The highest BCUT2D eigenvalue weighted by Crippen LogP contribution is 2.18. The highest BCUT2D eigenvalue weighted by molar-refractivity contribution is 7.15. The zero-order valence-electron chi connectivity index (χ0n) is 12.4. The normalized spacial score (nSPS) is 10.3. The summed E-state index contributed by atoms with van der Waals surface area (Å²) in [6, 6.07) is 10.7. The number of aryl methyl sites for hydroxylation is 1. The minimum Gasteiger partial charge on any atom is -0.492 e. The van der Waals surface area contributed by atoms with Gasteiger partial charge in [-0.25, -0.2) is 4.79 Å². The number of benzene rings is 1. The molecule has 2 rings (SSSR count).